The fourth-order valence-corrected chi connectivity index (χ4v) is 3.76. The van der Waals surface area contributed by atoms with E-state index < -0.39 is 5.41 Å². The number of aromatic hydroxyl groups is 2. The van der Waals surface area contributed by atoms with Crippen LogP contribution in [0.15, 0.2) is 54.6 Å². The molecule has 0 saturated carbocycles. The van der Waals surface area contributed by atoms with Crippen molar-refractivity contribution >= 4 is 11.6 Å². The number of rotatable bonds is 5. The van der Waals surface area contributed by atoms with Crippen molar-refractivity contribution in [3.8, 4) is 11.5 Å². The Morgan fingerprint density at radius 3 is 1.34 bits per heavy atom. The molecule has 3 rings (SSSR count). The average molecular weight is 433 g/mol. The summed E-state index contributed by atoms with van der Waals surface area (Å²) in [5.41, 5.74) is 4.25. The SMILES string of the molecule is CC.CC(=O)c1cc(C(C)=O)cc(C(C)(c2ccc(O)c(C)c2)c2ccc(O)c(C)c2)c1. The molecule has 0 heterocycles. The highest BCUT2D eigenvalue weighted by atomic mass is 16.3. The van der Waals surface area contributed by atoms with E-state index in [1.54, 1.807) is 18.2 Å². The molecule has 0 radical (unpaired) electrons. The summed E-state index contributed by atoms with van der Waals surface area (Å²) in [5, 5.41) is 20.1. The van der Waals surface area contributed by atoms with E-state index in [9.17, 15) is 19.8 Å². The molecule has 0 aliphatic rings. The molecule has 0 aromatic heterocycles. The lowest BCUT2D eigenvalue weighted by Gasteiger charge is -2.33. The van der Waals surface area contributed by atoms with Gasteiger partial charge in [-0.2, -0.15) is 0 Å². The Morgan fingerprint density at radius 2 is 1.03 bits per heavy atom. The number of Topliss-reactive ketones (excluding diaryl/α,β-unsaturated/α-hetero) is 2. The number of phenolic OH excluding ortho intramolecular Hbond substituents is 2. The summed E-state index contributed by atoms with van der Waals surface area (Å²) < 4.78 is 0. The Hall–Kier alpha value is -3.40. The number of phenols is 2. The van der Waals surface area contributed by atoms with Gasteiger partial charge in [0.1, 0.15) is 11.5 Å². The van der Waals surface area contributed by atoms with Crippen LogP contribution in [-0.4, -0.2) is 21.8 Å². The minimum Gasteiger partial charge on any atom is -0.508 e. The summed E-state index contributed by atoms with van der Waals surface area (Å²) in [6.07, 6.45) is 0. The van der Waals surface area contributed by atoms with E-state index in [1.807, 2.05) is 71.0 Å². The molecule has 0 atom stereocenters. The molecular weight excluding hydrogens is 400 g/mol. The molecular formula is C28H32O4. The lowest BCUT2D eigenvalue weighted by molar-refractivity contribution is 0.101. The summed E-state index contributed by atoms with van der Waals surface area (Å²) in [6, 6.07) is 16.1. The average Bonchev–Trinajstić information content (AvgIpc) is 2.77. The van der Waals surface area contributed by atoms with Crippen molar-refractivity contribution in [1.29, 1.82) is 0 Å². The molecule has 0 bridgehead atoms. The molecule has 32 heavy (non-hydrogen) atoms. The molecule has 0 aliphatic heterocycles. The highest BCUT2D eigenvalue weighted by Gasteiger charge is 2.33. The van der Waals surface area contributed by atoms with Gasteiger partial charge in [0.25, 0.3) is 0 Å². The van der Waals surface area contributed by atoms with Gasteiger partial charge in [-0.1, -0.05) is 38.1 Å². The minimum absolute atomic E-state index is 0.120. The normalized spacial score (nSPS) is 10.8. The van der Waals surface area contributed by atoms with Crippen LogP contribution in [0, 0.1) is 13.8 Å². The Morgan fingerprint density at radius 1 is 0.656 bits per heavy atom. The second-order valence-electron chi connectivity index (χ2n) is 8.04. The third kappa shape index (κ3) is 4.75. The number of benzene rings is 3. The van der Waals surface area contributed by atoms with Gasteiger partial charge in [-0.3, -0.25) is 9.59 Å². The molecule has 4 heteroatoms. The first-order valence-corrected chi connectivity index (χ1v) is 10.8. The van der Waals surface area contributed by atoms with Gasteiger partial charge in [0.05, 0.1) is 0 Å². The Labute approximate surface area is 190 Å². The number of carbonyl (C=O) groups excluding carboxylic acids is 2. The van der Waals surface area contributed by atoms with Crippen LogP contribution in [0.2, 0.25) is 0 Å². The van der Waals surface area contributed by atoms with E-state index in [-0.39, 0.29) is 23.1 Å². The lowest BCUT2D eigenvalue weighted by atomic mass is 9.69. The zero-order chi connectivity index (χ0) is 24.2. The van der Waals surface area contributed by atoms with E-state index in [2.05, 4.69) is 0 Å². The quantitative estimate of drug-likeness (QED) is 0.356. The highest BCUT2D eigenvalue weighted by Crippen LogP contribution is 2.42. The molecule has 3 aromatic carbocycles. The van der Waals surface area contributed by atoms with Gasteiger partial charge in [0.2, 0.25) is 0 Å². The molecule has 0 saturated heterocycles. The van der Waals surface area contributed by atoms with Crippen LogP contribution in [-0.2, 0) is 5.41 Å². The van der Waals surface area contributed by atoms with E-state index in [0.29, 0.717) is 11.1 Å². The second kappa shape index (κ2) is 9.82. The third-order valence-electron chi connectivity index (χ3n) is 5.87. The predicted octanol–water partition coefficient (Wildman–Crippen LogP) is 6.50. The molecule has 0 amide bonds. The summed E-state index contributed by atoms with van der Waals surface area (Å²) in [4.78, 5) is 24.4. The van der Waals surface area contributed by atoms with Crippen molar-refractivity contribution in [3.63, 3.8) is 0 Å². The molecule has 2 N–H and O–H groups in total. The Bertz CT molecular complexity index is 1070. The zero-order valence-corrected chi connectivity index (χ0v) is 19.9. The smallest absolute Gasteiger partial charge is 0.159 e. The first kappa shape index (κ1) is 24.9. The van der Waals surface area contributed by atoms with Gasteiger partial charge in [0.15, 0.2) is 11.6 Å². The molecule has 0 unspecified atom stereocenters. The van der Waals surface area contributed by atoms with E-state index in [0.717, 1.165) is 27.8 Å². The number of ketones is 2. The van der Waals surface area contributed by atoms with Crippen molar-refractivity contribution in [1.82, 2.24) is 0 Å². The van der Waals surface area contributed by atoms with Gasteiger partial charge < -0.3 is 10.2 Å². The third-order valence-corrected chi connectivity index (χ3v) is 5.87. The van der Waals surface area contributed by atoms with E-state index in [4.69, 9.17) is 0 Å². The summed E-state index contributed by atoms with van der Waals surface area (Å²) in [7, 11) is 0. The summed E-state index contributed by atoms with van der Waals surface area (Å²) in [5.74, 6) is 0.158. The number of carbonyl (C=O) groups is 2. The predicted molar refractivity (Wildman–Crippen MR) is 129 cm³/mol. The maximum atomic E-state index is 12.2. The second-order valence-corrected chi connectivity index (χ2v) is 8.04. The molecule has 0 aliphatic carbocycles. The molecule has 168 valence electrons. The first-order chi connectivity index (χ1) is 15.0. The van der Waals surface area contributed by atoms with Crippen molar-refractivity contribution < 1.29 is 19.8 Å². The zero-order valence-electron chi connectivity index (χ0n) is 19.9. The van der Waals surface area contributed by atoms with Crippen molar-refractivity contribution in [2.75, 3.05) is 0 Å². The maximum Gasteiger partial charge on any atom is 0.159 e. The highest BCUT2D eigenvalue weighted by molar-refractivity contribution is 6.00. The fraction of sp³-hybridized carbons (Fsp3) is 0.286. The monoisotopic (exact) mass is 432 g/mol. The van der Waals surface area contributed by atoms with Gasteiger partial charge >= 0.3 is 0 Å². The van der Waals surface area contributed by atoms with Crippen molar-refractivity contribution in [2.24, 2.45) is 0 Å². The van der Waals surface area contributed by atoms with Crippen LogP contribution in [0.25, 0.3) is 0 Å². The van der Waals surface area contributed by atoms with Crippen LogP contribution in [0.3, 0.4) is 0 Å². The standard InChI is InChI=1S/C26H26O4.C2H6/c1-15-10-21(6-8-24(15)29)26(5,22-7-9-25(30)16(2)11-22)23-13-19(17(3)27)12-20(14-23)18(4)28;1-2/h6-14,29-30H,1-5H3;1-2H3. The Kier molecular flexibility index (Phi) is 7.63. The van der Waals surface area contributed by atoms with Crippen LogP contribution < -0.4 is 0 Å². The summed E-state index contributed by atoms with van der Waals surface area (Å²) in [6.45, 7) is 12.6. The minimum atomic E-state index is -0.730. The number of hydrogen-bond acceptors (Lipinski definition) is 4. The van der Waals surface area contributed by atoms with Crippen molar-refractivity contribution in [3.05, 3.63) is 93.5 Å². The number of aryl methyl sites for hydroxylation is 2. The van der Waals surface area contributed by atoms with Crippen molar-refractivity contribution in [2.45, 2.75) is 53.9 Å². The lowest BCUT2D eigenvalue weighted by Crippen LogP contribution is -2.26. The Balaban J connectivity index is 0.00000176. The van der Waals surface area contributed by atoms with Crippen LogP contribution in [0.5, 0.6) is 11.5 Å². The van der Waals surface area contributed by atoms with Crippen LogP contribution in [0.4, 0.5) is 0 Å². The molecule has 0 spiro atoms. The molecule has 3 aromatic rings. The largest absolute Gasteiger partial charge is 0.508 e. The number of hydrogen-bond donors (Lipinski definition) is 2. The molecule has 0 fully saturated rings. The first-order valence-electron chi connectivity index (χ1n) is 10.8. The topological polar surface area (TPSA) is 74.6 Å². The maximum absolute atomic E-state index is 12.2. The fourth-order valence-electron chi connectivity index (χ4n) is 3.76. The van der Waals surface area contributed by atoms with Gasteiger partial charge in [-0.15, -0.1) is 0 Å². The van der Waals surface area contributed by atoms with Gasteiger partial charge in [0, 0.05) is 16.5 Å². The van der Waals surface area contributed by atoms with Gasteiger partial charge in [-0.25, -0.2) is 0 Å². The van der Waals surface area contributed by atoms with E-state index in [1.165, 1.54) is 13.8 Å². The van der Waals surface area contributed by atoms with E-state index >= 15 is 0 Å². The van der Waals surface area contributed by atoms with Crippen LogP contribution in [0.1, 0.15) is 83.2 Å². The molecule has 4 nitrogen and oxygen atoms in total. The summed E-state index contributed by atoms with van der Waals surface area (Å²) >= 11 is 0. The van der Waals surface area contributed by atoms with Gasteiger partial charge in [-0.05, 0) is 92.8 Å². The van der Waals surface area contributed by atoms with Crippen LogP contribution >= 0.6 is 0 Å².